The van der Waals surface area contributed by atoms with Gasteiger partial charge in [-0.15, -0.1) is 11.6 Å². The highest BCUT2D eigenvalue weighted by atomic mass is 35.5. The minimum atomic E-state index is -0.863. The summed E-state index contributed by atoms with van der Waals surface area (Å²) in [5.41, 5.74) is 5.32. The molecule has 0 aromatic heterocycles. The summed E-state index contributed by atoms with van der Waals surface area (Å²) in [6, 6.07) is -0.545. The third-order valence-electron chi connectivity index (χ3n) is 1.39. The predicted octanol–water partition coefficient (Wildman–Crippen LogP) is -0.455. The Hall–Kier alpha value is -0.320. The molecule has 1 aliphatic heterocycles. The van der Waals surface area contributed by atoms with Gasteiger partial charge in [0.2, 0.25) is 0 Å². The van der Waals surface area contributed by atoms with Gasteiger partial charge >= 0.3 is 5.97 Å². The number of aliphatic carboxylic acids is 1. The minimum Gasteiger partial charge on any atom is -0.480 e. The van der Waals surface area contributed by atoms with Crippen molar-refractivity contribution >= 4 is 17.6 Å². The molecule has 0 spiro atoms. The maximum absolute atomic E-state index is 10.3. The van der Waals surface area contributed by atoms with Gasteiger partial charge in [0, 0.05) is 11.9 Å². The summed E-state index contributed by atoms with van der Waals surface area (Å²) in [5.74, 6) is -0.863. The van der Waals surface area contributed by atoms with Gasteiger partial charge in [0.05, 0.1) is 0 Å². The fourth-order valence-corrected chi connectivity index (χ4v) is 1.11. The molecule has 0 amide bonds. The maximum atomic E-state index is 10.3. The first-order valence-electron chi connectivity index (χ1n) is 3.05. The molecule has 0 aromatic carbocycles. The van der Waals surface area contributed by atoms with Crippen LogP contribution in [-0.2, 0) is 4.79 Å². The second-order valence-corrected chi connectivity index (χ2v) is 2.87. The Kier molecular flexibility index (Phi) is 2.48. The van der Waals surface area contributed by atoms with Crippen molar-refractivity contribution in [3.05, 3.63) is 0 Å². The van der Waals surface area contributed by atoms with Gasteiger partial charge in [-0.25, -0.2) is 5.43 Å². The van der Waals surface area contributed by atoms with Crippen LogP contribution in [0.4, 0.5) is 0 Å². The molecule has 0 aliphatic carbocycles. The molecular weight excluding hydrogens is 156 g/mol. The van der Waals surface area contributed by atoms with Gasteiger partial charge in [0.1, 0.15) is 6.04 Å². The van der Waals surface area contributed by atoms with E-state index in [9.17, 15) is 4.79 Å². The Morgan fingerprint density at radius 1 is 1.70 bits per heavy atom. The Labute approximate surface area is 63.5 Å². The largest absolute Gasteiger partial charge is 0.480 e. The average molecular weight is 165 g/mol. The second-order valence-electron chi connectivity index (χ2n) is 2.25. The van der Waals surface area contributed by atoms with E-state index < -0.39 is 12.0 Å². The van der Waals surface area contributed by atoms with Crippen LogP contribution in [0.25, 0.3) is 0 Å². The maximum Gasteiger partial charge on any atom is 0.322 e. The van der Waals surface area contributed by atoms with Crippen molar-refractivity contribution in [2.75, 3.05) is 6.54 Å². The van der Waals surface area contributed by atoms with Gasteiger partial charge in [-0.3, -0.25) is 10.2 Å². The summed E-state index contributed by atoms with van der Waals surface area (Å²) >= 11 is 5.69. The van der Waals surface area contributed by atoms with Gasteiger partial charge in [0.15, 0.2) is 0 Å². The van der Waals surface area contributed by atoms with E-state index in [1.165, 1.54) is 0 Å². The van der Waals surface area contributed by atoms with Gasteiger partial charge in [0.25, 0.3) is 0 Å². The first-order valence-corrected chi connectivity index (χ1v) is 3.49. The summed E-state index contributed by atoms with van der Waals surface area (Å²) in [7, 11) is 0. The lowest BCUT2D eigenvalue weighted by Gasteiger charge is -2.24. The molecule has 10 heavy (non-hydrogen) atoms. The van der Waals surface area contributed by atoms with Crippen LogP contribution in [0.5, 0.6) is 0 Å². The monoisotopic (exact) mass is 164 g/mol. The SMILES string of the molecule is O=C(O)C1CC(Cl)CNN1. The van der Waals surface area contributed by atoms with E-state index in [4.69, 9.17) is 16.7 Å². The zero-order valence-electron chi connectivity index (χ0n) is 5.30. The van der Waals surface area contributed by atoms with Crippen LogP contribution < -0.4 is 10.9 Å². The standard InChI is InChI=1S/C5H9ClN2O2/c6-3-1-4(5(9)10)8-7-2-3/h3-4,7-8H,1-2H2,(H,9,10). The lowest BCUT2D eigenvalue weighted by molar-refractivity contribution is -0.140. The fourth-order valence-electron chi connectivity index (χ4n) is 0.853. The highest BCUT2D eigenvalue weighted by Crippen LogP contribution is 2.07. The van der Waals surface area contributed by atoms with E-state index in [2.05, 4.69) is 10.9 Å². The van der Waals surface area contributed by atoms with E-state index in [1.54, 1.807) is 0 Å². The van der Waals surface area contributed by atoms with Crippen LogP contribution in [-0.4, -0.2) is 29.0 Å². The number of alkyl halides is 1. The van der Waals surface area contributed by atoms with Crippen LogP contribution in [0.3, 0.4) is 0 Å². The molecule has 1 fully saturated rings. The van der Waals surface area contributed by atoms with Crippen LogP contribution in [0.2, 0.25) is 0 Å². The van der Waals surface area contributed by atoms with E-state index in [-0.39, 0.29) is 5.38 Å². The van der Waals surface area contributed by atoms with Gasteiger partial charge in [-0.2, -0.15) is 0 Å². The predicted molar refractivity (Wildman–Crippen MR) is 36.8 cm³/mol. The molecule has 3 N–H and O–H groups in total. The lowest BCUT2D eigenvalue weighted by atomic mass is 10.1. The van der Waals surface area contributed by atoms with Gasteiger partial charge < -0.3 is 5.11 Å². The van der Waals surface area contributed by atoms with Crippen molar-refractivity contribution in [3.63, 3.8) is 0 Å². The second kappa shape index (κ2) is 3.18. The summed E-state index contributed by atoms with van der Waals surface area (Å²) in [5, 5.41) is 8.41. The molecular formula is C5H9ClN2O2. The van der Waals surface area contributed by atoms with Crippen molar-refractivity contribution in [1.29, 1.82) is 0 Å². The van der Waals surface area contributed by atoms with Crippen molar-refractivity contribution in [2.45, 2.75) is 17.8 Å². The number of nitrogens with one attached hydrogen (secondary N) is 2. The third kappa shape index (κ3) is 1.83. The number of carboxylic acid groups (broad SMARTS) is 1. The molecule has 5 heteroatoms. The normalized spacial score (nSPS) is 33.7. The average Bonchev–Trinajstić information content (AvgIpc) is 1.88. The van der Waals surface area contributed by atoms with Crippen LogP contribution >= 0.6 is 11.6 Å². The Morgan fingerprint density at radius 3 is 2.80 bits per heavy atom. The minimum absolute atomic E-state index is 0.0812. The Bertz CT molecular complexity index is 142. The van der Waals surface area contributed by atoms with Gasteiger partial charge in [-0.05, 0) is 6.42 Å². The summed E-state index contributed by atoms with van der Waals surface area (Å²) < 4.78 is 0. The molecule has 0 radical (unpaired) electrons. The van der Waals surface area contributed by atoms with Crippen LogP contribution in [0.15, 0.2) is 0 Å². The summed E-state index contributed by atoms with van der Waals surface area (Å²) in [6.07, 6.45) is 0.476. The molecule has 4 nitrogen and oxygen atoms in total. The van der Waals surface area contributed by atoms with Crippen molar-refractivity contribution in [1.82, 2.24) is 10.9 Å². The number of hydrazine groups is 1. The number of carboxylic acids is 1. The Balaban J connectivity index is 2.39. The fraction of sp³-hybridized carbons (Fsp3) is 0.800. The summed E-state index contributed by atoms with van der Waals surface area (Å²) in [4.78, 5) is 10.3. The number of carbonyl (C=O) groups is 1. The van der Waals surface area contributed by atoms with Crippen molar-refractivity contribution in [2.24, 2.45) is 0 Å². The Morgan fingerprint density at radius 2 is 2.40 bits per heavy atom. The highest BCUT2D eigenvalue weighted by Gasteiger charge is 2.24. The van der Waals surface area contributed by atoms with Crippen molar-refractivity contribution in [3.8, 4) is 0 Å². The molecule has 58 valence electrons. The van der Waals surface area contributed by atoms with Crippen LogP contribution in [0.1, 0.15) is 6.42 Å². The van der Waals surface area contributed by atoms with Crippen LogP contribution in [0, 0.1) is 0 Å². The topological polar surface area (TPSA) is 61.4 Å². The number of hydrogen-bond acceptors (Lipinski definition) is 3. The molecule has 2 unspecified atom stereocenters. The molecule has 1 rings (SSSR count). The molecule has 0 aromatic rings. The van der Waals surface area contributed by atoms with E-state index in [0.717, 1.165) is 0 Å². The van der Waals surface area contributed by atoms with E-state index >= 15 is 0 Å². The van der Waals surface area contributed by atoms with Crippen molar-refractivity contribution < 1.29 is 9.90 Å². The van der Waals surface area contributed by atoms with E-state index in [1.807, 2.05) is 0 Å². The first-order chi connectivity index (χ1) is 4.70. The quantitative estimate of drug-likeness (QED) is 0.460. The molecule has 0 bridgehead atoms. The third-order valence-corrected chi connectivity index (χ3v) is 1.72. The molecule has 2 atom stereocenters. The molecule has 1 saturated heterocycles. The number of halogens is 1. The first kappa shape index (κ1) is 7.78. The number of rotatable bonds is 1. The smallest absolute Gasteiger partial charge is 0.322 e. The zero-order valence-corrected chi connectivity index (χ0v) is 6.06. The zero-order chi connectivity index (χ0) is 7.56. The van der Waals surface area contributed by atoms with Gasteiger partial charge in [-0.1, -0.05) is 0 Å². The molecule has 1 heterocycles. The highest BCUT2D eigenvalue weighted by molar-refractivity contribution is 6.21. The van der Waals surface area contributed by atoms with E-state index in [0.29, 0.717) is 13.0 Å². The summed E-state index contributed by atoms with van der Waals surface area (Å²) in [6.45, 7) is 0.616. The lowest BCUT2D eigenvalue weighted by Crippen LogP contribution is -2.53. The number of hydrogen-bond donors (Lipinski definition) is 3. The molecule has 0 saturated carbocycles. The molecule has 1 aliphatic rings.